The van der Waals surface area contributed by atoms with Gasteiger partial charge in [-0.15, -0.1) is 0 Å². The first-order chi connectivity index (χ1) is 9.42. The number of nitro benzene ring substituents is 2. The number of hydrogen-bond donors (Lipinski definition) is 1. The molecule has 20 heavy (non-hydrogen) atoms. The van der Waals surface area contributed by atoms with Crippen molar-refractivity contribution in [2.24, 2.45) is 0 Å². The van der Waals surface area contributed by atoms with Crippen molar-refractivity contribution in [2.45, 2.75) is 39.2 Å². The van der Waals surface area contributed by atoms with E-state index >= 15 is 0 Å². The number of likely N-dealkylation sites (N-methyl/N-ethyl adjacent to an activating group) is 1. The van der Waals surface area contributed by atoms with Crippen molar-refractivity contribution in [1.82, 2.24) is 5.32 Å². The van der Waals surface area contributed by atoms with Gasteiger partial charge in [0.2, 0.25) is 0 Å². The summed E-state index contributed by atoms with van der Waals surface area (Å²) >= 11 is 0. The van der Waals surface area contributed by atoms with Crippen LogP contribution in [0, 0.1) is 20.2 Å². The average molecular weight is 281 g/mol. The zero-order chi connectivity index (χ0) is 15.3. The summed E-state index contributed by atoms with van der Waals surface area (Å²) in [6, 6.07) is 3.92. The minimum absolute atomic E-state index is 0.0591. The molecule has 1 rings (SSSR count). The van der Waals surface area contributed by atoms with E-state index in [9.17, 15) is 20.2 Å². The van der Waals surface area contributed by atoms with Gasteiger partial charge in [0.15, 0.2) is 0 Å². The number of hydrogen-bond acceptors (Lipinski definition) is 5. The highest BCUT2D eigenvalue weighted by Crippen LogP contribution is 2.34. The molecule has 0 aliphatic carbocycles. The second-order valence-electron chi connectivity index (χ2n) is 4.62. The minimum Gasteiger partial charge on any atom is -0.314 e. The molecule has 0 amide bonds. The molecule has 7 nitrogen and oxygen atoms in total. The van der Waals surface area contributed by atoms with Crippen molar-refractivity contribution in [3.8, 4) is 0 Å². The highest BCUT2D eigenvalue weighted by atomic mass is 16.6. The molecule has 0 spiro atoms. The van der Waals surface area contributed by atoms with E-state index in [0.717, 1.165) is 12.6 Å². The molecule has 0 heterocycles. The lowest BCUT2D eigenvalue weighted by atomic mass is 9.88. The van der Waals surface area contributed by atoms with Gasteiger partial charge in [-0.2, -0.15) is 0 Å². The van der Waals surface area contributed by atoms with Crippen molar-refractivity contribution in [3.63, 3.8) is 0 Å². The number of nitrogens with zero attached hydrogens (tertiary/aromatic N) is 2. The van der Waals surface area contributed by atoms with Gasteiger partial charge >= 0.3 is 0 Å². The third-order valence-electron chi connectivity index (χ3n) is 3.39. The summed E-state index contributed by atoms with van der Waals surface area (Å²) < 4.78 is 0. The molecule has 0 aromatic heterocycles. The predicted molar refractivity (Wildman–Crippen MR) is 75.9 cm³/mol. The minimum atomic E-state index is -0.620. The number of nitrogens with one attached hydrogen (secondary N) is 1. The highest BCUT2D eigenvalue weighted by molar-refractivity contribution is 5.51. The Kier molecular flexibility index (Phi) is 5.57. The van der Waals surface area contributed by atoms with E-state index in [1.165, 1.54) is 12.1 Å². The second kappa shape index (κ2) is 6.95. The predicted octanol–water partition coefficient (Wildman–Crippen LogP) is 2.99. The standard InChI is InChI=1S/C13H19N3O4/c1-4-11(9(3)14-5-2)12-7-6-10(15(17)18)8-13(12)16(19)20/h6-9,11,14H,4-5H2,1-3H3. The Labute approximate surface area is 117 Å². The van der Waals surface area contributed by atoms with Crippen LogP contribution in [0.4, 0.5) is 11.4 Å². The quantitative estimate of drug-likeness (QED) is 0.612. The van der Waals surface area contributed by atoms with Gasteiger partial charge in [-0.1, -0.05) is 13.8 Å². The summed E-state index contributed by atoms with van der Waals surface area (Å²) in [7, 11) is 0. The summed E-state index contributed by atoms with van der Waals surface area (Å²) in [5.74, 6) is -0.0591. The van der Waals surface area contributed by atoms with Gasteiger partial charge in [0.05, 0.1) is 15.9 Å². The van der Waals surface area contributed by atoms with Gasteiger partial charge in [0.1, 0.15) is 0 Å². The van der Waals surface area contributed by atoms with Gasteiger partial charge in [0.25, 0.3) is 11.4 Å². The van der Waals surface area contributed by atoms with E-state index in [2.05, 4.69) is 5.32 Å². The van der Waals surface area contributed by atoms with Crippen LogP contribution in [0.5, 0.6) is 0 Å². The summed E-state index contributed by atoms with van der Waals surface area (Å²) in [5.41, 5.74) is 0.0961. The first-order valence-electron chi connectivity index (χ1n) is 6.58. The third-order valence-corrected chi connectivity index (χ3v) is 3.39. The lowest BCUT2D eigenvalue weighted by Gasteiger charge is -2.23. The molecule has 0 saturated carbocycles. The molecule has 0 saturated heterocycles. The highest BCUT2D eigenvalue weighted by Gasteiger charge is 2.27. The molecule has 1 aromatic rings. The van der Waals surface area contributed by atoms with Crippen molar-refractivity contribution < 1.29 is 9.85 Å². The van der Waals surface area contributed by atoms with Gasteiger partial charge < -0.3 is 5.32 Å². The summed E-state index contributed by atoms with van der Waals surface area (Å²) in [4.78, 5) is 20.7. The van der Waals surface area contributed by atoms with Crippen LogP contribution in [0.15, 0.2) is 18.2 Å². The van der Waals surface area contributed by atoms with Gasteiger partial charge in [-0.05, 0) is 26.0 Å². The zero-order valence-corrected chi connectivity index (χ0v) is 11.8. The monoisotopic (exact) mass is 281 g/mol. The van der Waals surface area contributed by atoms with Crippen molar-refractivity contribution in [1.29, 1.82) is 0 Å². The van der Waals surface area contributed by atoms with Crippen LogP contribution < -0.4 is 5.32 Å². The Bertz CT molecular complexity index is 504. The summed E-state index contributed by atoms with van der Waals surface area (Å²) in [6.45, 7) is 6.64. The largest absolute Gasteiger partial charge is 0.314 e. The smallest absolute Gasteiger partial charge is 0.279 e. The Hall–Kier alpha value is -2.02. The molecule has 2 unspecified atom stereocenters. The topological polar surface area (TPSA) is 98.3 Å². The van der Waals surface area contributed by atoms with E-state index < -0.39 is 9.85 Å². The van der Waals surface area contributed by atoms with Gasteiger partial charge in [-0.3, -0.25) is 20.2 Å². The molecule has 0 fully saturated rings. The maximum Gasteiger partial charge on any atom is 0.279 e. The van der Waals surface area contributed by atoms with Crippen LogP contribution in [0.25, 0.3) is 0 Å². The fourth-order valence-corrected chi connectivity index (χ4v) is 2.42. The maximum atomic E-state index is 11.2. The molecule has 0 radical (unpaired) electrons. The average Bonchev–Trinajstić information content (AvgIpc) is 2.39. The molecule has 1 aromatic carbocycles. The van der Waals surface area contributed by atoms with E-state index in [-0.39, 0.29) is 23.3 Å². The van der Waals surface area contributed by atoms with Crippen LogP contribution in [0.1, 0.15) is 38.7 Å². The number of benzene rings is 1. The summed E-state index contributed by atoms with van der Waals surface area (Å²) in [6.07, 6.45) is 0.715. The molecule has 0 bridgehead atoms. The van der Waals surface area contributed by atoms with Crippen LogP contribution in [0.2, 0.25) is 0 Å². The molecule has 2 atom stereocenters. The lowest BCUT2D eigenvalue weighted by Crippen LogP contribution is -2.32. The van der Waals surface area contributed by atoms with Crippen molar-refractivity contribution >= 4 is 11.4 Å². The zero-order valence-electron chi connectivity index (χ0n) is 11.8. The van der Waals surface area contributed by atoms with Crippen LogP contribution >= 0.6 is 0 Å². The number of nitro groups is 2. The van der Waals surface area contributed by atoms with E-state index in [0.29, 0.717) is 12.0 Å². The van der Waals surface area contributed by atoms with Crippen molar-refractivity contribution in [2.75, 3.05) is 6.54 Å². The molecule has 0 aliphatic rings. The normalized spacial score (nSPS) is 13.8. The molecule has 0 aliphatic heterocycles. The Morgan fingerprint density at radius 1 is 1.20 bits per heavy atom. The number of non-ortho nitro benzene ring substituents is 1. The fraction of sp³-hybridized carbons (Fsp3) is 0.538. The molecule has 7 heteroatoms. The molecule has 1 N–H and O–H groups in total. The Morgan fingerprint density at radius 2 is 1.85 bits per heavy atom. The molecular weight excluding hydrogens is 262 g/mol. The Morgan fingerprint density at radius 3 is 2.30 bits per heavy atom. The van der Waals surface area contributed by atoms with Crippen LogP contribution in [-0.2, 0) is 0 Å². The Balaban J connectivity index is 3.27. The van der Waals surface area contributed by atoms with Crippen LogP contribution in [0.3, 0.4) is 0 Å². The van der Waals surface area contributed by atoms with Crippen molar-refractivity contribution in [3.05, 3.63) is 44.0 Å². The second-order valence-corrected chi connectivity index (χ2v) is 4.62. The van der Waals surface area contributed by atoms with Gasteiger partial charge in [0, 0.05) is 23.6 Å². The first kappa shape index (κ1) is 16.0. The number of rotatable bonds is 7. The fourth-order valence-electron chi connectivity index (χ4n) is 2.42. The summed E-state index contributed by atoms with van der Waals surface area (Å²) in [5, 5.41) is 25.1. The van der Waals surface area contributed by atoms with E-state index in [1.807, 2.05) is 20.8 Å². The van der Waals surface area contributed by atoms with E-state index in [4.69, 9.17) is 0 Å². The molecule has 110 valence electrons. The maximum absolute atomic E-state index is 11.2. The SMILES string of the molecule is CCNC(C)C(CC)c1ccc([N+](=O)[O-])cc1[N+](=O)[O-]. The molecular formula is C13H19N3O4. The first-order valence-corrected chi connectivity index (χ1v) is 6.58. The van der Waals surface area contributed by atoms with Gasteiger partial charge in [-0.25, -0.2) is 0 Å². The lowest BCUT2D eigenvalue weighted by molar-refractivity contribution is -0.394. The van der Waals surface area contributed by atoms with Crippen LogP contribution in [-0.4, -0.2) is 22.4 Å². The third kappa shape index (κ3) is 3.51. The van der Waals surface area contributed by atoms with E-state index in [1.54, 1.807) is 0 Å².